The van der Waals surface area contributed by atoms with Gasteiger partial charge >= 0.3 is 5.91 Å². The Kier molecular flexibility index (Phi) is 11.3. The van der Waals surface area contributed by atoms with Crippen molar-refractivity contribution in [1.29, 1.82) is 0 Å². The molecule has 1 aromatic rings. The van der Waals surface area contributed by atoms with Crippen LogP contribution in [0.2, 0.25) is 0 Å². The van der Waals surface area contributed by atoms with Gasteiger partial charge in [0, 0.05) is 36.5 Å². The van der Waals surface area contributed by atoms with Gasteiger partial charge < -0.3 is 11.1 Å². The molecule has 0 heterocycles. The van der Waals surface area contributed by atoms with E-state index >= 15 is 0 Å². The summed E-state index contributed by atoms with van der Waals surface area (Å²) in [4.78, 5) is 47.7. The van der Waals surface area contributed by atoms with Crippen molar-refractivity contribution in [3.05, 3.63) is 45.5 Å². The molecule has 0 saturated carbocycles. The van der Waals surface area contributed by atoms with Gasteiger partial charge in [0.15, 0.2) is 0 Å². The standard InChI is InChI=1S/C21H32N4O5/c1-3-4-5-11-24(20(27)15-25(29)30)19(26)10-9-16(2)14-23-21(28)18-8-6-7-17(12-18)13-22/h6-8,12,16H,3-5,9-11,13-15,22H2,1-2H3,(H,23,28). The Balaban J connectivity index is 2.53. The fourth-order valence-electron chi connectivity index (χ4n) is 2.92. The minimum Gasteiger partial charge on any atom is -0.352 e. The van der Waals surface area contributed by atoms with Gasteiger partial charge in [-0.3, -0.25) is 29.4 Å². The van der Waals surface area contributed by atoms with Crippen molar-refractivity contribution in [3.8, 4) is 0 Å². The summed E-state index contributed by atoms with van der Waals surface area (Å²) in [7, 11) is 0. The number of nitrogens with one attached hydrogen (secondary N) is 1. The summed E-state index contributed by atoms with van der Waals surface area (Å²) in [5.74, 6) is -1.40. The molecule has 3 N–H and O–H groups in total. The van der Waals surface area contributed by atoms with Crippen LogP contribution in [0.25, 0.3) is 0 Å². The normalized spacial score (nSPS) is 11.6. The number of imide groups is 1. The molecule has 0 bridgehead atoms. The number of hydrogen-bond donors (Lipinski definition) is 2. The van der Waals surface area contributed by atoms with Crippen molar-refractivity contribution in [2.75, 3.05) is 19.6 Å². The Hall–Kier alpha value is -2.81. The third kappa shape index (κ3) is 9.13. The number of carbonyl (C=O) groups excluding carboxylic acids is 3. The number of hydrogen-bond acceptors (Lipinski definition) is 6. The number of carbonyl (C=O) groups is 3. The summed E-state index contributed by atoms with van der Waals surface area (Å²) in [5.41, 5.74) is 6.98. The molecular formula is C21H32N4O5. The second kappa shape index (κ2) is 13.4. The SMILES string of the molecule is CCCCCN(C(=O)CCC(C)CNC(=O)c1cccc(CN)c1)C(=O)C[N+](=O)[O-]. The van der Waals surface area contributed by atoms with Gasteiger partial charge in [0.25, 0.3) is 12.5 Å². The molecule has 0 fully saturated rings. The van der Waals surface area contributed by atoms with E-state index in [0.717, 1.165) is 23.3 Å². The number of unbranched alkanes of at least 4 members (excludes halogenated alkanes) is 2. The van der Waals surface area contributed by atoms with E-state index in [2.05, 4.69) is 5.32 Å². The molecule has 0 saturated heterocycles. The van der Waals surface area contributed by atoms with Gasteiger partial charge in [0.05, 0.1) is 0 Å². The molecule has 0 aromatic heterocycles. The smallest absolute Gasteiger partial charge is 0.300 e. The summed E-state index contributed by atoms with van der Waals surface area (Å²) < 4.78 is 0. The Morgan fingerprint density at radius 2 is 1.97 bits per heavy atom. The van der Waals surface area contributed by atoms with Gasteiger partial charge in [-0.15, -0.1) is 0 Å². The molecular weight excluding hydrogens is 388 g/mol. The molecule has 0 aliphatic rings. The van der Waals surface area contributed by atoms with Gasteiger partial charge in [-0.1, -0.05) is 38.8 Å². The summed E-state index contributed by atoms with van der Waals surface area (Å²) in [6, 6.07) is 7.06. The molecule has 9 heteroatoms. The zero-order valence-corrected chi connectivity index (χ0v) is 17.8. The van der Waals surface area contributed by atoms with Crippen molar-refractivity contribution in [2.24, 2.45) is 11.7 Å². The molecule has 1 rings (SSSR count). The van der Waals surface area contributed by atoms with E-state index in [-0.39, 0.29) is 24.8 Å². The zero-order valence-electron chi connectivity index (χ0n) is 17.8. The molecule has 0 aliphatic carbocycles. The van der Waals surface area contributed by atoms with E-state index in [1.807, 2.05) is 19.9 Å². The van der Waals surface area contributed by atoms with E-state index in [1.54, 1.807) is 18.2 Å². The Morgan fingerprint density at radius 1 is 1.23 bits per heavy atom. The molecule has 9 nitrogen and oxygen atoms in total. The molecule has 30 heavy (non-hydrogen) atoms. The first-order valence-electron chi connectivity index (χ1n) is 10.3. The van der Waals surface area contributed by atoms with Crippen LogP contribution in [-0.2, 0) is 16.1 Å². The summed E-state index contributed by atoms with van der Waals surface area (Å²) in [5, 5.41) is 13.5. The van der Waals surface area contributed by atoms with E-state index in [4.69, 9.17) is 5.73 Å². The van der Waals surface area contributed by atoms with Crippen LogP contribution in [0.5, 0.6) is 0 Å². The predicted molar refractivity (Wildman–Crippen MR) is 113 cm³/mol. The third-order valence-corrected chi connectivity index (χ3v) is 4.74. The van der Waals surface area contributed by atoms with Crippen LogP contribution in [0.4, 0.5) is 0 Å². The van der Waals surface area contributed by atoms with Crippen LogP contribution in [0.3, 0.4) is 0 Å². The van der Waals surface area contributed by atoms with Crippen LogP contribution in [0.1, 0.15) is 61.9 Å². The molecule has 3 amide bonds. The average molecular weight is 421 g/mol. The summed E-state index contributed by atoms with van der Waals surface area (Å²) in [6.07, 6.45) is 2.92. The number of nitrogens with zero attached hydrogens (tertiary/aromatic N) is 2. The first kappa shape index (κ1) is 25.2. The summed E-state index contributed by atoms with van der Waals surface area (Å²) in [6.45, 7) is 3.92. The Morgan fingerprint density at radius 3 is 2.60 bits per heavy atom. The quantitative estimate of drug-likeness (QED) is 0.285. The monoisotopic (exact) mass is 420 g/mol. The highest BCUT2D eigenvalue weighted by Gasteiger charge is 2.25. The lowest BCUT2D eigenvalue weighted by molar-refractivity contribution is -0.468. The minimum absolute atomic E-state index is 0.00120. The van der Waals surface area contributed by atoms with Crippen molar-refractivity contribution in [3.63, 3.8) is 0 Å². The van der Waals surface area contributed by atoms with Crippen LogP contribution >= 0.6 is 0 Å². The van der Waals surface area contributed by atoms with Crippen molar-refractivity contribution in [2.45, 2.75) is 52.5 Å². The molecule has 166 valence electrons. The maximum Gasteiger partial charge on any atom is 0.300 e. The molecule has 0 radical (unpaired) electrons. The van der Waals surface area contributed by atoms with Crippen LogP contribution in [0, 0.1) is 16.0 Å². The molecule has 1 unspecified atom stereocenters. The van der Waals surface area contributed by atoms with Gasteiger partial charge in [0.1, 0.15) is 0 Å². The molecule has 1 aromatic carbocycles. The van der Waals surface area contributed by atoms with Crippen molar-refractivity contribution >= 4 is 17.7 Å². The number of nitro groups is 1. The highest BCUT2D eigenvalue weighted by atomic mass is 16.6. The zero-order chi connectivity index (χ0) is 22.5. The van der Waals surface area contributed by atoms with Crippen molar-refractivity contribution in [1.82, 2.24) is 10.2 Å². The highest BCUT2D eigenvalue weighted by molar-refractivity contribution is 5.96. The van der Waals surface area contributed by atoms with Crippen molar-refractivity contribution < 1.29 is 19.3 Å². The average Bonchev–Trinajstić information content (AvgIpc) is 2.72. The van der Waals surface area contributed by atoms with E-state index in [1.165, 1.54) is 0 Å². The largest absolute Gasteiger partial charge is 0.352 e. The van der Waals surface area contributed by atoms with E-state index < -0.39 is 23.3 Å². The maximum absolute atomic E-state index is 12.5. The number of benzene rings is 1. The Bertz CT molecular complexity index is 738. The molecule has 1 atom stereocenters. The lowest BCUT2D eigenvalue weighted by Gasteiger charge is -2.20. The first-order chi connectivity index (χ1) is 14.3. The predicted octanol–water partition coefficient (Wildman–Crippen LogP) is 2.11. The van der Waals surface area contributed by atoms with E-state index in [0.29, 0.717) is 31.5 Å². The molecule has 0 spiro atoms. The van der Waals surface area contributed by atoms with Gasteiger partial charge in [-0.05, 0) is 36.5 Å². The number of amides is 3. The fourth-order valence-corrected chi connectivity index (χ4v) is 2.92. The van der Waals surface area contributed by atoms with Crippen LogP contribution in [0.15, 0.2) is 24.3 Å². The second-order valence-corrected chi connectivity index (χ2v) is 7.40. The number of nitrogens with two attached hydrogens (primary N) is 1. The van der Waals surface area contributed by atoms with Gasteiger partial charge in [0.2, 0.25) is 5.91 Å². The highest BCUT2D eigenvalue weighted by Crippen LogP contribution is 2.10. The van der Waals surface area contributed by atoms with E-state index in [9.17, 15) is 24.5 Å². The number of rotatable bonds is 13. The maximum atomic E-state index is 12.5. The minimum atomic E-state index is -0.884. The van der Waals surface area contributed by atoms with Gasteiger partial charge in [-0.25, -0.2) is 0 Å². The lowest BCUT2D eigenvalue weighted by atomic mass is 10.0. The van der Waals surface area contributed by atoms with Gasteiger partial charge in [-0.2, -0.15) is 0 Å². The molecule has 0 aliphatic heterocycles. The fraction of sp³-hybridized carbons (Fsp3) is 0.571. The lowest BCUT2D eigenvalue weighted by Crippen LogP contribution is -2.41. The Labute approximate surface area is 177 Å². The second-order valence-electron chi connectivity index (χ2n) is 7.40. The third-order valence-electron chi connectivity index (χ3n) is 4.74. The van der Waals surface area contributed by atoms with Crippen LogP contribution < -0.4 is 11.1 Å². The first-order valence-corrected chi connectivity index (χ1v) is 10.3. The van der Waals surface area contributed by atoms with Crippen LogP contribution in [-0.4, -0.2) is 47.2 Å². The topological polar surface area (TPSA) is 136 Å². The summed E-state index contributed by atoms with van der Waals surface area (Å²) >= 11 is 0.